The summed E-state index contributed by atoms with van der Waals surface area (Å²) in [6.07, 6.45) is 0. The Bertz CT molecular complexity index is 822. The van der Waals surface area contributed by atoms with Gasteiger partial charge in [0.25, 0.3) is 5.78 Å². The Morgan fingerprint density at radius 1 is 1.03 bits per heavy atom. The molecule has 10 nitrogen and oxygen atoms in total. The molecule has 0 aliphatic heterocycles. The van der Waals surface area contributed by atoms with Crippen molar-refractivity contribution < 1.29 is 4.79 Å². The molecular formula is C20H37N9OS. The van der Waals surface area contributed by atoms with Gasteiger partial charge in [0.1, 0.15) is 0 Å². The summed E-state index contributed by atoms with van der Waals surface area (Å²) in [6.45, 7) is 18.3. The topological polar surface area (TPSA) is 104 Å². The molecule has 2 N–H and O–H groups in total. The van der Waals surface area contributed by atoms with Gasteiger partial charge in [-0.1, -0.05) is 39.5 Å². The maximum atomic E-state index is 13.0. The van der Waals surface area contributed by atoms with Crippen LogP contribution in [-0.2, 0) is 4.79 Å². The second-order valence-corrected chi connectivity index (χ2v) is 8.54. The predicted octanol–water partition coefficient (Wildman–Crippen LogP) is 2.30. The third kappa shape index (κ3) is 7.20. The Hall–Kier alpha value is -2.14. The van der Waals surface area contributed by atoms with Crippen molar-refractivity contribution in [2.75, 3.05) is 62.2 Å². The Kier molecular flexibility index (Phi) is 10.3. The molecule has 174 valence electrons. The monoisotopic (exact) mass is 451 g/mol. The first kappa shape index (κ1) is 25.1. The lowest BCUT2D eigenvalue weighted by Crippen LogP contribution is -2.41. The molecule has 2 aromatic rings. The van der Waals surface area contributed by atoms with Crippen molar-refractivity contribution in [2.24, 2.45) is 5.92 Å². The van der Waals surface area contributed by atoms with Gasteiger partial charge in [-0.2, -0.15) is 9.97 Å². The fourth-order valence-corrected chi connectivity index (χ4v) is 4.01. The van der Waals surface area contributed by atoms with Crippen LogP contribution in [-0.4, -0.2) is 91.8 Å². The molecule has 31 heavy (non-hydrogen) atoms. The van der Waals surface area contributed by atoms with Crippen LogP contribution in [0.3, 0.4) is 0 Å². The fourth-order valence-electron chi connectivity index (χ4n) is 3.18. The molecular weight excluding hydrogens is 414 g/mol. The molecule has 11 heteroatoms. The van der Waals surface area contributed by atoms with Crippen molar-refractivity contribution in [1.82, 2.24) is 34.4 Å². The Labute approximate surface area is 189 Å². The standard InChI is InChI=1S/C20H37N9OS/c1-7-21-17-23-18(22-8-2)29-19(24-17)25-26-20(29)31-14-16(30)28(13-15(5)6)12-11-27(9-3)10-4/h15H,7-14H2,1-6H3,(H2,21,22,23,24,25). The van der Waals surface area contributed by atoms with Crippen molar-refractivity contribution >= 4 is 35.3 Å². The van der Waals surface area contributed by atoms with Crippen LogP contribution in [0.4, 0.5) is 11.9 Å². The van der Waals surface area contributed by atoms with E-state index >= 15 is 0 Å². The number of hydrogen-bond donors (Lipinski definition) is 2. The predicted molar refractivity (Wildman–Crippen MR) is 127 cm³/mol. The summed E-state index contributed by atoms with van der Waals surface area (Å²) < 4.78 is 1.77. The lowest BCUT2D eigenvalue weighted by Gasteiger charge is -2.27. The molecule has 2 heterocycles. The van der Waals surface area contributed by atoms with E-state index in [0.29, 0.717) is 47.6 Å². The van der Waals surface area contributed by atoms with Crippen molar-refractivity contribution in [3.8, 4) is 0 Å². The Balaban J connectivity index is 2.14. The third-order valence-corrected chi connectivity index (χ3v) is 5.67. The summed E-state index contributed by atoms with van der Waals surface area (Å²) in [7, 11) is 0. The van der Waals surface area contributed by atoms with Crippen LogP contribution in [0.5, 0.6) is 0 Å². The maximum Gasteiger partial charge on any atom is 0.261 e. The highest BCUT2D eigenvalue weighted by Gasteiger charge is 2.19. The largest absolute Gasteiger partial charge is 0.355 e. The van der Waals surface area contributed by atoms with Gasteiger partial charge in [0.2, 0.25) is 17.8 Å². The first-order chi connectivity index (χ1) is 14.9. The van der Waals surface area contributed by atoms with E-state index in [2.05, 4.69) is 63.4 Å². The highest BCUT2D eigenvalue weighted by Crippen LogP contribution is 2.21. The van der Waals surface area contributed by atoms with Gasteiger partial charge in [-0.3, -0.25) is 4.79 Å². The van der Waals surface area contributed by atoms with E-state index in [1.807, 2.05) is 18.7 Å². The Morgan fingerprint density at radius 3 is 2.35 bits per heavy atom. The zero-order valence-corrected chi connectivity index (χ0v) is 20.5. The number of nitrogens with zero attached hydrogens (tertiary/aromatic N) is 7. The highest BCUT2D eigenvalue weighted by molar-refractivity contribution is 7.99. The molecule has 0 atom stereocenters. The molecule has 0 aromatic carbocycles. The van der Waals surface area contributed by atoms with Gasteiger partial charge in [-0.05, 0) is 32.9 Å². The van der Waals surface area contributed by atoms with E-state index in [4.69, 9.17) is 0 Å². The van der Waals surface area contributed by atoms with E-state index in [0.717, 1.165) is 32.7 Å². The second-order valence-electron chi connectivity index (χ2n) is 7.60. The number of carbonyl (C=O) groups is 1. The number of nitrogens with one attached hydrogen (secondary N) is 2. The van der Waals surface area contributed by atoms with Crippen LogP contribution in [0.15, 0.2) is 5.16 Å². The molecule has 0 saturated carbocycles. The van der Waals surface area contributed by atoms with E-state index in [1.165, 1.54) is 11.8 Å². The molecule has 2 rings (SSSR count). The van der Waals surface area contributed by atoms with Crippen molar-refractivity contribution in [3.05, 3.63) is 0 Å². The first-order valence-corrected chi connectivity index (χ1v) is 12.2. The molecule has 0 unspecified atom stereocenters. The van der Waals surface area contributed by atoms with Crippen molar-refractivity contribution in [3.63, 3.8) is 0 Å². The Morgan fingerprint density at radius 2 is 1.74 bits per heavy atom. The summed E-state index contributed by atoms with van der Waals surface area (Å²) in [5.74, 6) is 2.40. The van der Waals surface area contributed by atoms with Crippen LogP contribution < -0.4 is 10.6 Å². The quantitative estimate of drug-likeness (QED) is 0.419. The number of anilines is 2. The second kappa shape index (κ2) is 12.7. The van der Waals surface area contributed by atoms with Gasteiger partial charge >= 0.3 is 0 Å². The smallest absolute Gasteiger partial charge is 0.261 e. The van der Waals surface area contributed by atoms with Crippen molar-refractivity contribution in [2.45, 2.75) is 46.7 Å². The van der Waals surface area contributed by atoms with Crippen LogP contribution in [0.2, 0.25) is 0 Å². The molecule has 0 fully saturated rings. The van der Waals surface area contributed by atoms with Crippen LogP contribution >= 0.6 is 11.8 Å². The number of aromatic nitrogens is 5. The van der Waals surface area contributed by atoms with E-state index in [9.17, 15) is 4.79 Å². The highest BCUT2D eigenvalue weighted by atomic mass is 32.2. The van der Waals surface area contributed by atoms with Crippen molar-refractivity contribution in [1.29, 1.82) is 0 Å². The SMILES string of the molecule is CCNc1nc(NCC)n2c(SCC(=O)N(CCN(CC)CC)CC(C)C)nnc2n1. The van der Waals surface area contributed by atoms with Crippen LogP contribution in [0, 0.1) is 5.92 Å². The molecule has 0 aliphatic rings. The first-order valence-electron chi connectivity index (χ1n) is 11.2. The number of hydrogen-bond acceptors (Lipinski definition) is 9. The molecule has 0 radical (unpaired) electrons. The summed E-state index contributed by atoms with van der Waals surface area (Å²) >= 11 is 1.37. The number of amides is 1. The van der Waals surface area contributed by atoms with Gasteiger partial charge in [0, 0.05) is 32.7 Å². The molecule has 0 bridgehead atoms. The van der Waals surface area contributed by atoms with Gasteiger partial charge in [-0.15, -0.1) is 10.2 Å². The van der Waals surface area contributed by atoms with Gasteiger partial charge in [-0.25, -0.2) is 4.40 Å². The van der Waals surface area contributed by atoms with Gasteiger partial charge in [0.15, 0.2) is 5.16 Å². The molecule has 2 aromatic heterocycles. The summed E-state index contributed by atoms with van der Waals surface area (Å²) in [4.78, 5) is 26.2. The molecule has 0 spiro atoms. The lowest BCUT2D eigenvalue weighted by molar-refractivity contribution is -0.129. The lowest BCUT2D eigenvalue weighted by atomic mass is 10.2. The van der Waals surface area contributed by atoms with E-state index < -0.39 is 0 Å². The number of likely N-dealkylation sites (N-methyl/N-ethyl adjacent to an activating group) is 1. The van der Waals surface area contributed by atoms with Crippen LogP contribution in [0.25, 0.3) is 5.78 Å². The maximum absolute atomic E-state index is 13.0. The summed E-state index contributed by atoms with van der Waals surface area (Å²) in [5.41, 5.74) is 0. The number of carbonyl (C=O) groups excluding carboxylic acids is 1. The fraction of sp³-hybridized carbons (Fsp3) is 0.750. The summed E-state index contributed by atoms with van der Waals surface area (Å²) in [6, 6.07) is 0. The normalized spacial score (nSPS) is 11.5. The number of thioether (sulfide) groups is 1. The molecule has 0 saturated heterocycles. The van der Waals surface area contributed by atoms with Gasteiger partial charge < -0.3 is 20.4 Å². The average Bonchev–Trinajstić information content (AvgIpc) is 3.15. The van der Waals surface area contributed by atoms with E-state index in [-0.39, 0.29) is 5.91 Å². The molecule has 1 amide bonds. The van der Waals surface area contributed by atoms with Gasteiger partial charge in [0.05, 0.1) is 5.75 Å². The number of fused-ring (bicyclic) bond motifs is 1. The minimum Gasteiger partial charge on any atom is -0.355 e. The third-order valence-electron chi connectivity index (χ3n) is 4.76. The zero-order chi connectivity index (χ0) is 22.8. The van der Waals surface area contributed by atoms with E-state index in [1.54, 1.807) is 4.40 Å². The zero-order valence-electron chi connectivity index (χ0n) is 19.7. The average molecular weight is 452 g/mol. The minimum absolute atomic E-state index is 0.109. The number of rotatable bonds is 14. The van der Waals surface area contributed by atoms with Crippen LogP contribution in [0.1, 0.15) is 41.5 Å². The minimum atomic E-state index is 0.109. The molecule has 0 aliphatic carbocycles. The summed E-state index contributed by atoms with van der Waals surface area (Å²) in [5, 5.41) is 15.4.